The number of hydrogen-bond acceptors (Lipinski definition) is 6. The molecule has 3 aromatic carbocycles. The number of likely N-dealkylation sites (N-methyl/N-ethyl adjacent to an activating group) is 1. The van der Waals surface area contributed by atoms with Crippen molar-refractivity contribution < 1.29 is 22.8 Å². The third-order valence-corrected chi connectivity index (χ3v) is 7.74. The molecule has 0 unspecified atom stereocenters. The molecule has 5 aromatic rings. The number of amides is 3. The monoisotopic (exact) mass is 602 g/mol. The van der Waals surface area contributed by atoms with Crippen LogP contribution in [0.1, 0.15) is 21.9 Å². The van der Waals surface area contributed by atoms with Gasteiger partial charge in [0.15, 0.2) is 0 Å². The number of nitrogen functional groups attached to an aromatic ring is 1. The number of nitrogens with one attached hydrogen (secondary N) is 2. The molecule has 1 saturated heterocycles. The van der Waals surface area contributed by atoms with E-state index in [2.05, 4.69) is 20.5 Å². The first-order valence-electron chi connectivity index (χ1n) is 13.9. The van der Waals surface area contributed by atoms with Crippen LogP contribution < -0.4 is 16.4 Å². The van der Waals surface area contributed by atoms with Gasteiger partial charge in [-0.3, -0.25) is 9.20 Å². The van der Waals surface area contributed by atoms with Gasteiger partial charge in [0.2, 0.25) is 0 Å². The summed E-state index contributed by atoms with van der Waals surface area (Å²) < 4.78 is 41.1. The number of aromatic nitrogens is 3. The number of carbonyl (C=O) groups is 2. The summed E-state index contributed by atoms with van der Waals surface area (Å²) in [5.41, 5.74) is 8.04. The Balaban J connectivity index is 1.36. The van der Waals surface area contributed by atoms with Crippen molar-refractivity contribution in [1.29, 1.82) is 0 Å². The molecular formula is C31H29F3N8O2. The number of rotatable bonds is 4. The predicted octanol–water partition coefficient (Wildman–Crippen LogP) is 5.49. The summed E-state index contributed by atoms with van der Waals surface area (Å²) in [4.78, 5) is 39.5. The Morgan fingerprint density at radius 2 is 1.66 bits per heavy atom. The number of alkyl halides is 3. The molecule has 0 aliphatic carbocycles. The maximum atomic E-state index is 13.6. The van der Waals surface area contributed by atoms with E-state index in [-0.39, 0.29) is 17.4 Å². The highest BCUT2D eigenvalue weighted by atomic mass is 19.4. The maximum absolute atomic E-state index is 13.6. The average Bonchev–Trinajstić information content (AvgIpc) is 3.35. The number of piperazine rings is 1. The second kappa shape index (κ2) is 11.2. The van der Waals surface area contributed by atoms with Crippen LogP contribution in [0.3, 0.4) is 0 Å². The molecule has 4 N–H and O–H groups in total. The Morgan fingerprint density at radius 1 is 0.932 bits per heavy atom. The summed E-state index contributed by atoms with van der Waals surface area (Å²) in [5, 5.41) is 6.61. The largest absolute Gasteiger partial charge is 0.416 e. The van der Waals surface area contributed by atoms with E-state index in [1.54, 1.807) is 34.4 Å². The Labute approximate surface area is 250 Å². The molecule has 44 heavy (non-hydrogen) atoms. The van der Waals surface area contributed by atoms with Gasteiger partial charge in [-0.15, -0.1) is 0 Å². The van der Waals surface area contributed by atoms with E-state index in [9.17, 15) is 22.8 Å². The lowest BCUT2D eigenvalue weighted by atomic mass is 10.00. The molecule has 10 nitrogen and oxygen atoms in total. The molecule has 0 saturated carbocycles. The molecule has 3 heterocycles. The average molecular weight is 603 g/mol. The van der Waals surface area contributed by atoms with Gasteiger partial charge < -0.3 is 26.2 Å². The minimum Gasteiger partial charge on any atom is -0.382 e. The van der Waals surface area contributed by atoms with Gasteiger partial charge in [0.1, 0.15) is 28.5 Å². The van der Waals surface area contributed by atoms with Crippen molar-refractivity contribution in [2.24, 2.45) is 0 Å². The zero-order valence-electron chi connectivity index (χ0n) is 23.9. The molecule has 3 amide bonds. The van der Waals surface area contributed by atoms with Crippen molar-refractivity contribution in [3.63, 3.8) is 0 Å². The molecule has 1 fully saturated rings. The van der Waals surface area contributed by atoms with Crippen LogP contribution in [0.15, 0.2) is 66.9 Å². The van der Waals surface area contributed by atoms with Gasteiger partial charge >= 0.3 is 12.2 Å². The lowest BCUT2D eigenvalue weighted by molar-refractivity contribution is -0.137. The van der Waals surface area contributed by atoms with Crippen LogP contribution in [-0.4, -0.2) is 69.3 Å². The lowest BCUT2D eigenvalue weighted by Crippen LogP contribution is -2.47. The summed E-state index contributed by atoms with van der Waals surface area (Å²) in [5.74, 6) is 0.620. The van der Waals surface area contributed by atoms with E-state index < -0.39 is 17.8 Å². The van der Waals surface area contributed by atoms with Crippen LogP contribution in [-0.2, 0) is 6.18 Å². The zero-order chi connectivity index (χ0) is 31.2. The number of aryl methyl sites for hydroxylation is 1. The van der Waals surface area contributed by atoms with E-state index in [1.807, 2.05) is 25.2 Å². The van der Waals surface area contributed by atoms with Crippen LogP contribution in [0.2, 0.25) is 0 Å². The van der Waals surface area contributed by atoms with Crippen LogP contribution >= 0.6 is 0 Å². The summed E-state index contributed by atoms with van der Waals surface area (Å²) in [6, 6.07) is 14.5. The first kappa shape index (κ1) is 28.9. The number of nitrogens with two attached hydrogens (primary N) is 1. The van der Waals surface area contributed by atoms with Gasteiger partial charge in [-0.25, -0.2) is 14.8 Å². The van der Waals surface area contributed by atoms with E-state index in [0.29, 0.717) is 52.5 Å². The standard InChI is InChI=1S/C31H29F3N8O2/c1-18-37-26(27-28(35)36-17-25(42(18)27)29(43)41-14-12-40(2)13-15-41)23-10-11-24(22-9-4-3-8-21(22)23)39-30(44)38-20-7-5-6-19(16-20)31(32,33)34/h3-11,16-17H,12-15H2,1-2H3,(H2,35,36)(H2,38,39,44). The highest BCUT2D eigenvalue weighted by Crippen LogP contribution is 2.37. The number of fused-ring (bicyclic) bond motifs is 2. The number of urea groups is 1. The van der Waals surface area contributed by atoms with E-state index >= 15 is 0 Å². The summed E-state index contributed by atoms with van der Waals surface area (Å²) >= 11 is 0. The zero-order valence-corrected chi connectivity index (χ0v) is 23.9. The van der Waals surface area contributed by atoms with E-state index in [0.717, 1.165) is 30.6 Å². The highest BCUT2D eigenvalue weighted by Gasteiger charge is 2.30. The highest BCUT2D eigenvalue weighted by molar-refractivity contribution is 6.11. The third kappa shape index (κ3) is 5.37. The Morgan fingerprint density at radius 3 is 2.39 bits per heavy atom. The van der Waals surface area contributed by atoms with Gasteiger partial charge in [0, 0.05) is 42.8 Å². The summed E-state index contributed by atoms with van der Waals surface area (Å²) in [6.07, 6.45) is -3.05. The molecule has 0 atom stereocenters. The van der Waals surface area contributed by atoms with Crippen molar-refractivity contribution >= 4 is 45.4 Å². The Kier molecular flexibility index (Phi) is 7.33. The first-order chi connectivity index (χ1) is 21.0. The normalized spacial score (nSPS) is 14.2. The number of anilines is 3. The smallest absolute Gasteiger partial charge is 0.382 e. The van der Waals surface area contributed by atoms with Crippen LogP contribution in [0.4, 0.5) is 35.2 Å². The molecule has 0 radical (unpaired) electrons. The number of nitrogens with zero attached hydrogens (tertiary/aromatic N) is 5. The van der Waals surface area contributed by atoms with Crippen LogP contribution in [0.5, 0.6) is 0 Å². The van der Waals surface area contributed by atoms with Crippen molar-refractivity contribution in [3.8, 4) is 11.3 Å². The first-order valence-corrected chi connectivity index (χ1v) is 13.9. The van der Waals surface area contributed by atoms with Gasteiger partial charge in [-0.2, -0.15) is 13.2 Å². The Hall–Kier alpha value is -5.17. The third-order valence-electron chi connectivity index (χ3n) is 7.74. The number of benzene rings is 3. The predicted molar refractivity (Wildman–Crippen MR) is 163 cm³/mol. The molecule has 2 aromatic heterocycles. The van der Waals surface area contributed by atoms with Crippen molar-refractivity contribution in [1.82, 2.24) is 24.2 Å². The fourth-order valence-electron chi connectivity index (χ4n) is 5.50. The lowest BCUT2D eigenvalue weighted by Gasteiger charge is -2.32. The quantitative estimate of drug-likeness (QED) is 0.250. The second-order valence-corrected chi connectivity index (χ2v) is 10.7. The van der Waals surface area contributed by atoms with Crippen LogP contribution in [0, 0.1) is 6.92 Å². The minimum absolute atomic E-state index is 0.00288. The summed E-state index contributed by atoms with van der Waals surface area (Å²) in [6.45, 7) is 4.54. The molecule has 0 bridgehead atoms. The Bertz CT molecular complexity index is 1910. The minimum atomic E-state index is -4.53. The van der Waals surface area contributed by atoms with Gasteiger partial charge in [0.05, 0.1) is 17.4 Å². The fraction of sp³-hybridized carbons (Fsp3) is 0.226. The SMILES string of the molecule is Cc1nc(-c2ccc(NC(=O)Nc3cccc(C(F)(F)F)c3)c3ccccc23)c2c(N)ncc(C(=O)N3CCN(C)CC3)n12. The molecular weight excluding hydrogens is 573 g/mol. The second-order valence-electron chi connectivity index (χ2n) is 10.7. The topological polar surface area (TPSA) is 121 Å². The number of carbonyl (C=O) groups excluding carboxylic acids is 2. The molecule has 226 valence electrons. The van der Waals surface area contributed by atoms with E-state index in [4.69, 9.17) is 10.7 Å². The van der Waals surface area contributed by atoms with Gasteiger partial charge in [-0.05, 0) is 43.6 Å². The number of halogens is 3. The van der Waals surface area contributed by atoms with Gasteiger partial charge in [0.25, 0.3) is 5.91 Å². The maximum Gasteiger partial charge on any atom is 0.416 e. The van der Waals surface area contributed by atoms with Crippen molar-refractivity contribution in [2.75, 3.05) is 49.6 Å². The number of imidazole rings is 1. The fourth-order valence-corrected chi connectivity index (χ4v) is 5.50. The van der Waals surface area contributed by atoms with Gasteiger partial charge in [-0.1, -0.05) is 36.4 Å². The van der Waals surface area contributed by atoms with E-state index in [1.165, 1.54) is 18.3 Å². The van der Waals surface area contributed by atoms with Crippen LogP contribution in [0.25, 0.3) is 27.5 Å². The molecule has 1 aliphatic rings. The molecule has 1 aliphatic heterocycles. The molecule has 0 spiro atoms. The number of hydrogen-bond donors (Lipinski definition) is 3. The van der Waals surface area contributed by atoms with Crippen molar-refractivity contribution in [3.05, 3.63) is 83.9 Å². The summed E-state index contributed by atoms with van der Waals surface area (Å²) in [7, 11) is 2.02. The molecule has 6 rings (SSSR count). The van der Waals surface area contributed by atoms with Crippen molar-refractivity contribution in [2.45, 2.75) is 13.1 Å². The molecule has 13 heteroatoms.